The first-order valence-electron chi connectivity index (χ1n) is 8.65. The molecule has 24 heavy (non-hydrogen) atoms. The number of aryl methyl sites for hydroxylation is 1. The molecule has 2 N–H and O–H groups in total. The van der Waals surface area contributed by atoms with Crippen LogP contribution in [0.5, 0.6) is 0 Å². The van der Waals surface area contributed by atoms with E-state index in [2.05, 4.69) is 38.0 Å². The summed E-state index contributed by atoms with van der Waals surface area (Å²) in [4.78, 5) is 14.9. The average Bonchev–Trinajstić information content (AvgIpc) is 3.22. The second kappa shape index (κ2) is 6.77. The number of carbonyl (C=O) groups is 1. The van der Waals surface area contributed by atoms with Gasteiger partial charge in [-0.15, -0.1) is 0 Å². The first-order valence-corrected chi connectivity index (χ1v) is 8.65. The quantitative estimate of drug-likeness (QED) is 0.939. The fraction of sp³-hybridized carbons (Fsp3) is 0.474. The summed E-state index contributed by atoms with van der Waals surface area (Å²) < 4.78 is 1.90. The van der Waals surface area contributed by atoms with Gasteiger partial charge < -0.3 is 10.6 Å². The molecule has 5 heteroatoms. The minimum atomic E-state index is 0.0769. The summed E-state index contributed by atoms with van der Waals surface area (Å²) in [6, 6.07) is 8.22. The van der Waals surface area contributed by atoms with Gasteiger partial charge in [-0.3, -0.25) is 4.79 Å². The van der Waals surface area contributed by atoms with Crippen LogP contribution in [0.2, 0.25) is 0 Å². The summed E-state index contributed by atoms with van der Waals surface area (Å²) in [7, 11) is 0. The molecule has 0 aliphatic carbocycles. The highest BCUT2D eigenvalue weighted by molar-refractivity contribution is 5.95. The molecular weight excluding hydrogens is 300 g/mol. The zero-order valence-electron chi connectivity index (χ0n) is 14.7. The summed E-state index contributed by atoms with van der Waals surface area (Å²) in [5, 5.41) is 4.51. The first-order chi connectivity index (χ1) is 11.5. The molecular formula is C19H26N4O. The lowest BCUT2D eigenvalue weighted by molar-refractivity contribution is 0.0786. The van der Waals surface area contributed by atoms with Crippen molar-refractivity contribution in [1.29, 1.82) is 0 Å². The van der Waals surface area contributed by atoms with Crippen LogP contribution in [0.4, 0.5) is 0 Å². The molecule has 2 aromatic rings. The van der Waals surface area contributed by atoms with Gasteiger partial charge in [-0.05, 0) is 43.9 Å². The number of rotatable bonds is 4. The van der Waals surface area contributed by atoms with E-state index < -0.39 is 0 Å². The second-order valence-corrected chi connectivity index (χ2v) is 6.99. The zero-order valence-corrected chi connectivity index (χ0v) is 14.7. The number of carbonyl (C=O) groups excluding carboxylic acids is 1. The fourth-order valence-corrected chi connectivity index (χ4v) is 3.35. The van der Waals surface area contributed by atoms with Crippen molar-refractivity contribution in [2.24, 2.45) is 11.7 Å². The molecule has 3 rings (SSSR count). The van der Waals surface area contributed by atoms with E-state index in [1.54, 1.807) is 6.20 Å². The van der Waals surface area contributed by atoms with Crippen molar-refractivity contribution in [2.75, 3.05) is 19.6 Å². The van der Waals surface area contributed by atoms with Crippen molar-refractivity contribution in [3.8, 4) is 5.69 Å². The Bertz CT molecular complexity index is 717. The number of benzene rings is 1. The molecule has 0 bridgehead atoms. The molecule has 1 aromatic heterocycles. The molecule has 1 aliphatic heterocycles. The number of likely N-dealkylation sites (tertiary alicyclic amines) is 1. The molecule has 1 unspecified atom stereocenters. The predicted molar refractivity (Wildman–Crippen MR) is 95.5 cm³/mol. The Morgan fingerprint density at radius 1 is 1.33 bits per heavy atom. The number of aromatic nitrogens is 2. The summed E-state index contributed by atoms with van der Waals surface area (Å²) in [6.07, 6.45) is 2.71. The molecule has 1 saturated heterocycles. The molecule has 0 radical (unpaired) electrons. The maximum Gasteiger partial charge on any atom is 0.257 e. The van der Waals surface area contributed by atoms with Gasteiger partial charge in [0, 0.05) is 13.1 Å². The Morgan fingerprint density at radius 3 is 2.62 bits per heavy atom. The van der Waals surface area contributed by atoms with E-state index in [-0.39, 0.29) is 11.8 Å². The standard InChI is InChI=1S/C19H26N4O/c1-13(2)18-17(19(24)22-9-8-15(10-20)12-22)11-21-23(18)16-6-4-14(3)5-7-16/h4-7,11,13,15H,8-10,12,20H2,1-3H3. The molecule has 1 amide bonds. The second-order valence-electron chi connectivity index (χ2n) is 6.99. The van der Waals surface area contributed by atoms with Gasteiger partial charge in [0.15, 0.2) is 0 Å². The minimum Gasteiger partial charge on any atom is -0.338 e. The third kappa shape index (κ3) is 3.08. The molecule has 1 aliphatic rings. The fourth-order valence-electron chi connectivity index (χ4n) is 3.35. The highest BCUT2D eigenvalue weighted by Crippen LogP contribution is 2.26. The average molecular weight is 326 g/mol. The summed E-state index contributed by atoms with van der Waals surface area (Å²) in [5.74, 6) is 0.706. The minimum absolute atomic E-state index is 0.0769. The van der Waals surface area contributed by atoms with Crippen LogP contribution < -0.4 is 5.73 Å². The van der Waals surface area contributed by atoms with Gasteiger partial charge in [-0.2, -0.15) is 5.10 Å². The molecule has 128 valence electrons. The van der Waals surface area contributed by atoms with Gasteiger partial charge in [-0.1, -0.05) is 31.5 Å². The van der Waals surface area contributed by atoms with Crippen LogP contribution in [0.25, 0.3) is 5.69 Å². The maximum atomic E-state index is 13.0. The van der Waals surface area contributed by atoms with Crippen molar-refractivity contribution in [2.45, 2.75) is 33.1 Å². The van der Waals surface area contributed by atoms with Crippen molar-refractivity contribution in [1.82, 2.24) is 14.7 Å². The van der Waals surface area contributed by atoms with Crippen molar-refractivity contribution in [3.05, 3.63) is 47.3 Å². The molecule has 0 spiro atoms. The Morgan fingerprint density at radius 2 is 2.04 bits per heavy atom. The van der Waals surface area contributed by atoms with Crippen LogP contribution in [-0.4, -0.2) is 40.2 Å². The SMILES string of the molecule is Cc1ccc(-n2ncc(C(=O)N3CCC(CN)C3)c2C(C)C)cc1. The van der Waals surface area contributed by atoms with E-state index in [0.717, 1.165) is 30.9 Å². The Labute approximate surface area is 143 Å². The van der Waals surface area contributed by atoms with Crippen LogP contribution in [0.1, 0.15) is 47.8 Å². The Hall–Kier alpha value is -2.14. The molecule has 1 atom stereocenters. The number of nitrogens with zero attached hydrogens (tertiary/aromatic N) is 3. The smallest absolute Gasteiger partial charge is 0.257 e. The van der Waals surface area contributed by atoms with E-state index in [4.69, 9.17) is 5.73 Å². The molecule has 2 heterocycles. The summed E-state index contributed by atoms with van der Waals surface area (Å²) in [5.41, 5.74) is 9.63. The normalized spacial score (nSPS) is 17.7. The van der Waals surface area contributed by atoms with Crippen LogP contribution in [0.3, 0.4) is 0 Å². The highest BCUT2D eigenvalue weighted by atomic mass is 16.2. The van der Waals surface area contributed by atoms with Gasteiger partial charge in [0.05, 0.1) is 23.1 Å². The Balaban J connectivity index is 1.94. The number of hydrogen-bond donors (Lipinski definition) is 1. The van der Waals surface area contributed by atoms with E-state index in [1.165, 1.54) is 5.56 Å². The van der Waals surface area contributed by atoms with Gasteiger partial charge >= 0.3 is 0 Å². The topological polar surface area (TPSA) is 64.2 Å². The van der Waals surface area contributed by atoms with E-state index in [1.807, 2.05) is 21.7 Å². The monoisotopic (exact) mass is 326 g/mol. The third-order valence-electron chi connectivity index (χ3n) is 4.77. The van der Waals surface area contributed by atoms with Gasteiger partial charge in [0.2, 0.25) is 0 Å². The van der Waals surface area contributed by atoms with Crippen molar-refractivity contribution < 1.29 is 4.79 Å². The molecule has 1 aromatic carbocycles. The zero-order chi connectivity index (χ0) is 17.3. The van der Waals surface area contributed by atoms with Crippen molar-refractivity contribution >= 4 is 5.91 Å². The summed E-state index contributed by atoms with van der Waals surface area (Å²) in [6.45, 7) is 8.45. The predicted octanol–water partition coefficient (Wildman–Crippen LogP) is 2.72. The van der Waals surface area contributed by atoms with Crippen LogP contribution in [-0.2, 0) is 0 Å². The van der Waals surface area contributed by atoms with Gasteiger partial charge in [0.1, 0.15) is 0 Å². The van der Waals surface area contributed by atoms with Crippen molar-refractivity contribution in [3.63, 3.8) is 0 Å². The van der Waals surface area contributed by atoms with Gasteiger partial charge in [0.25, 0.3) is 5.91 Å². The first kappa shape index (κ1) is 16.7. The van der Waals surface area contributed by atoms with Crippen LogP contribution in [0, 0.1) is 12.8 Å². The number of amides is 1. The largest absolute Gasteiger partial charge is 0.338 e. The molecule has 0 saturated carbocycles. The Kier molecular flexibility index (Phi) is 4.71. The van der Waals surface area contributed by atoms with Crippen LogP contribution >= 0.6 is 0 Å². The summed E-state index contributed by atoms with van der Waals surface area (Å²) >= 11 is 0. The lowest BCUT2D eigenvalue weighted by atomic mass is 10.0. The molecule has 5 nitrogen and oxygen atoms in total. The van der Waals surface area contributed by atoms with Gasteiger partial charge in [-0.25, -0.2) is 4.68 Å². The number of hydrogen-bond acceptors (Lipinski definition) is 3. The molecule has 1 fully saturated rings. The number of nitrogens with two attached hydrogens (primary N) is 1. The lowest BCUT2D eigenvalue weighted by Gasteiger charge is -2.18. The van der Waals surface area contributed by atoms with E-state index in [0.29, 0.717) is 18.0 Å². The lowest BCUT2D eigenvalue weighted by Crippen LogP contribution is -2.30. The van der Waals surface area contributed by atoms with E-state index >= 15 is 0 Å². The third-order valence-corrected chi connectivity index (χ3v) is 4.77. The van der Waals surface area contributed by atoms with Crippen LogP contribution in [0.15, 0.2) is 30.5 Å². The maximum absolute atomic E-state index is 13.0. The highest BCUT2D eigenvalue weighted by Gasteiger charge is 2.29. The van der Waals surface area contributed by atoms with E-state index in [9.17, 15) is 4.79 Å².